The molecule has 2 aromatic rings. The number of hydrogen-bond acceptors (Lipinski definition) is 4. The maximum absolute atomic E-state index is 5.53. The molecular weight excluding hydrogens is 214 g/mol. The summed E-state index contributed by atoms with van der Waals surface area (Å²) in [5, 5.41) is 0. The molecule has 0 amide bonds. The van der Waals surface area contributed by atoms with E-state index >= 15 is 0 Å². The summed E-state index contributed by atoms with van der Waals surface area (Å²) in [5.41, 5.74) is 1.15. The SMILES string of the molecule is c1ccc([C@H]2COC(c3ncccn3)=N2)cc1. The lowest BCUT2D eigenvalue weighted by Crippen LogP contribution is -2.05. The molecule has 0 saturated heterocycles. The molecule has 0 saturated carbocycles. The highest BCUT2D eigenvalue weighted by molar-refractivity contribution is 5.91. The third-order valence-corrected chi connectivity index (χ3v) is 2.59. The van der Waals surface area contributed by atoms with Crippen molar-refractivity contribution in [3.8, 4) is 0 Å². The molecule has 0 N–H and O–H groups in total. The van der Waals surface area contributed by atoms with Crippen LogP contribution < -0.4 is 0 Å². The summed E-state index contributed by atoms with van der Waals surface area (Å²) in [6.45, 7) is 0.553. The lowest BCUT2D eigenvalue weighted by atomic mass is 10.1. The number of benzene rings is 1. The first-order valence-corrected chi connectivity index (χ1v) is 5.46. The summed E-state index contributed by atoms with van der Waals surface area (Å²) < 4.78 is 5.53. The summed E-state index contributed by atoms with van der Waals surface area (Å²) in [4.78, 5) is 12.7. The van der Waals surface area contributed by atoms with E-state index in [9.17, 15) is 0 Å². The molecule has 1 aromatic carbocycles. The highest BCUT2D eigenvalue weighted by atomic mass is 16.5. The minimum atomic E-state index is 0.0509. The Labute approximate surface area is 99.0 Å². The monoisotopic (exact) mass is 225 g/mol. The lowest BCUT2D eigenvalue weighted by molar-refractivity contribution is 0.318. The summed E-state index contributed by atoms with van der Waals surface area (Å²) in [6, 6.07) is 11.9. The van der Waals surface area contributed by atoms with Gasteiger partial charge in [0, 0.05) is 12.4 Å². The number of rotatable bonds is 2. The standard InChI is InChI=1S/C13H11N3O/c1-2-5-10(6-3-1)11-9-17-13(16-11)12-14-7-4-8-15-12/h1-8,11H,9H2/t11-/m1/s1. The van der Waals surface area contributed by atoms with Crippen molar-refractivity contribution in [3.05, 3.63) is 60.2 Å². The molecule has 1 atom stereocenters. The van der Waals surface area contributed by atoms with Gasteiger partial charge in [0.05, 0.1) is 0 Å². The van der Waals surface area contributed by atoms with Gasteiger partial charge in [-0.05, 0) is 11.6 Å². The van der Waals surface area contributed by atoms with Crippen LogP contribution in [0.15, 0.2) is 53.8 Å². The van der Waals surface area contributed by atoms with Crippen LogP contribution in [0.4, 0.5) is 0 Å². The fourth-order valence-electron chi connectivity index (χ4n) is 1.75. The fraction of sp³-hybridized carbons (Fsp3) is 0.154. The number of aliphatic imine (C=N–C) groups is 1. The predicted octanol–water partition coefficient (Wildman–Crippen LogP) is 1.99. The van der Waals surface area contributed by atoms with Gasteiger partial charge in [0.25, 0.3) is 5.90 Å². The normalized spacial score (nSPS) is 18.6. The zero-order valence-electron chi connectivity index (χ0n) is 9.15. The van der Waals surface area contributed by atoms with E-state index < -0.39 is 0 Å². The molecule has 0 bridgehead atoms. The van der Waals surface area contributed by atoms with Gasteiger partial charge in [-0.3, -0.25) is 0 Å². The topological polar surface area (TPSA) is 47.4 Å². The van der Waals surface area contributed by atoms with Crippen LogP contribution in [-0.4, -0.2) is 22.5 Å². The molecule has 17 heavy (non-hydrogen) atoms. The van der Waals surface area contributed by atoms with Gasteiger partial charge in [0.1, 0.15) is 12.6 Å². The molecule has 0 radical (unpaired) electrons. The molecule has 0 unspecified atom stereocenters. The Bertz CT molecular complexity index is 525. The van der Waals surface area contributed by atoms with E-state index in [-0.39, 0.29) is 6.04 Å². The van der Waals surface area contributed by atoms with Crippen molar-refractivity contribution in [1.82, 2.24) is 9.97 Å². The van der Waals surface area contributed by atoms with Gasteiger partial charge in [0.15, 0.2) is 0 Å². The highest BCUT2D eigenvalue weighted by Gasteiger charge is 2.22. The smallest absolute Gasteiger partial charge is 0.255 e. The van der Waals surface area contributed by atoms with Crippen molar-refractivity contribution in [2.45, 2.75) is 6.04 Å². The lowest BCUT2D eigenvalue weighted by Gasteiger charge is -2.03. The molecule has 4 heteroatoms. The van der Waals surface area contributed by atoms with Crippen LogP contribution in [-0.2, 0) is 4.74 Å². The number of ether oxygens (including phenoxy) is 1. The van der Waals surface area contributed by atoms with Crippen LogP contribution in [0.1, 0.15) is 17.4 Å². The van der Waals surface area contributed by atoms with Crippen molar-refractivity contribution in [2.24, 2.45) is 4.99 Å². The van der Waals surface area contributed by atoms with E-state index in [4.69, 9.17) is 4.74 Å². The van der Waals surface area contributed by atoms with E-state index in [0.717, 1.165) is 5.56 Å². The van der Waals surface area contributed by atoms with Gasteiger partial charge in [-0.15, -0.1) is 0 Å². The van der Waals surface area contributed by atoms with E-state index in [1.165, 1.54) is 0 Å². The summed E-state index contributed by atoms with van der Waals surface area (Å²) in [6.07, 6.45) is 3.37. The van der Waals surface area contributed by atoms with E-state index in [1.807, 2.05) is 30.3 Å². The van der Waals surface area contributed by atoms with E-state index in [2.05, 4.69) is 15.0 Å². The van der Waals surface area contributed by atoms with Crippen LogP contribution in [0.2, 0.25) is 0 Å². The van der Waals surface area contributed by atoms with Gasteiger partial charge >= 0.3 is 0 Å². The second-order valence-electron chi connectivity index (χ2n) is 3.74. The summed E-state index contributed by atoms with van der Waals surface area (Å²) in [7, 11) is 0. The van der Waals surface area contributed by atoms with Crippen molar-refractivity contribution in [2.75, 3.05) is 6.61 Å². The third kappa shape index (κ3) is 2.01. The average Bonchev–Trinajstić information content (AvgIpc) is 2.90. The fourth-order valence-corrected chi connectivity index (χ4v) is 1.75. The summed E-state index contributed by atoms with van der Waals surface area (Å²) in [5.74, 6) is 1.07. The van der Waals surface area contributed by atoms with Gasteiger partial charge in [-0.25, -0.2) is 15.0 Å². The number of nitrogens with zero attached hydrogens (tertiary/aromatic N) is 3. The second-order valence-corrected chi connectivity index (χ2v) is 3.74. The maximum atomic E-state index is 5.53. The predicted molar refractivity (Wildman–Crippen MR) is 63.7 cm³/mol. The van der Waals surface area contributed by atoms with Crippen molar-refractivity contribution in [3.63, 3.8) is 0 Å². The molecule has 0 spiro atoms. The minimum absolute atomic E-state index is 0.0509. The molecule has 0 aliphatic carbocycles. The Morgan fingerprint density at radius 3 is 2.53 bits per heavy atom. The Hall–Kier alpha value is -2.23. The molecule has 4 nitrogen and oxygen atoms in total. The van der Waals surface area contributed by atoms with Gasteiger partial charge in [-0.1, -0.05) is 30.3 Å². The van der Waals surface area contributed by atoms with Gasteiger partial charge in [-0.2, -0.15) is 0 Å². The Morgan fingerprint density at radius 2 is 1.76 bits per heavy atom. The largest absolute Gasteiger partial charge is 0.473 e. The van der Waals surface area contributed by atoms with Crippen molar-refractivity contribution in [1.29, 1.82) is 0 Å². The van der Waals surface area contributed by atoms with E-state index in [1.54, 1.807) is 18.5 Å². The van der Waals surface area contributed by atoms with Crippen LogP contribution in [0.3, 0.4) is 0 Å². The first-order chi connectivity index (χ1) is 8.43. The number of hydrogen-bond donors (Lipinski definition) is 0. The van der Waals surface area contributed by atoms with Crippen LogP contribution >= 0.6 is 0 Å². The molecular formula is C13H11N3O. The Morgan fingerprint density at radius 1 is 1.00 bits per heavy atom. The second kappa shape index (κ2) is 4.33. The molecule has 0 fully saturated rings. The molecule has 1 aliphatic heterocycles. The molecule has 1 aromatic heterocycles. The molecule has 84 valence electrons. The summed E-state index contributed by atoms with van der Waals surface area (Å²) >= 11 is 0. The third-order valence-electron chi connectivity index (χ3n) is 2.59. The zero-order valence-corrected chi connectivity index (χ0v) is 9.15. The van der Waals surface area contributed by atoms with Gasteiger partial charge in [0.2, 0.25) is 5.82 Å². The Kier molecular flexibility index (Phi) is 2.54. The minimum Gasteiger partial charge on any atom is -0.473 e. The van der Waals surface area contributed by atoms with Gasteiger partial charge < -0.3 is 4.74 Å². The molecule has 3 rings (SSSR count). The number of aromatic nitrogens is 2. The molecule has 1 aliphatic rings. The Balaban J connectivity index is 1.87. The molecule has 2 heterocycles. The quantitative estimate of drug-likeness (QED) is 0.785. The zero-order chi connectivity index (χ0) is 11.5. The van der Waals surface area contributed by atoms with Crippen molar-refractivity contribution < 1.29 is 4.74 Å². The maximum Gasteiger partial charge on any atom is 0.255 e. The first kappa shape index (κ1) is 9.96. The first-order valence-electron chi connectivity index (χ1n) is 5.46. The van der Waals surface area contributed by atoms with Crippen LogP contribution in [0, 0.1) is 0 Å². The average molecular weight is 225 g/mol. The van der Waals surface area contributed by atoms with Crippen molar-refractivity contribution >= 4 is 5.90 Å². The van der Waals surface area contributed by atoms with Crippen LogP contribution in [0.25, 0.3) is 0 Å². The highest BCUT2D eigenvalue weighted by Crippen LogP contribution is 2.23. The van der Waals surface area contributed by atoms with E-state index in [0.29, 0.717) is 18.3 Å². The van der Waals surface area contributed by atoms with Crippen LogP contribution in [0.5, 0.6) is 0 Å².